The zero-order valence-corrected chi connectivity index (χ0v) is 12.4. The second-order valence-corrected chi connectivity index (χ2v) is 6.01. The summed E-state index contributed by atoms with van der Waals surface area (Å²) in [4.78, 5) is 28.8. The van der Waals surface area contributed by atoms with Crippen LogP contribution in [-0.4, -0.2) is 29.4 Å². The van der Waals surface area contributed by atoms with Crippen LogP contribution in [0, 0.1) is 0 Å². The molecule has 2 heterocycles. The van der Waals surface area contributed by atoms with Gasteiger partial charge >= 0.3 is 5.69 Å². The summed E-state index contributed by atoms with van der Waals surface area (Å²) in [6.45, 7) is 0.378. The minimum Gasteiger partial charge on any atom is -0.390 e. The van der Waals surface area contributed by atoms with Crippen LogP contribution in [0.4, 0.5) is 0 Å². The van der Waals surface area contributed by atoms with Crippen molar-refractivity contribution in [2.24, 2.45) is 14.1 Å². The van der Waals surface area contributed by atoms with Crippen LogP contribution in [0.25, 0.3) is 11.2 Å². The summed E-state index contributed by atoms with van der Waals surface area (Å²) in [5.74, 6) is 0. The number of hydrogen-bond acceptors (Lipinski definition) is 4. The molecule has 0 atom stereocenters. The molecule has 0 aliphatic heterocycles. The van der Waals surface area contributed by atoms with E-state index < -0.39 is 5.60 Å². The van der Waals surface area contributed by atoms with Gasteiger partial charge in [0.2, 0.25) is 0 Å². The lowest BCUT2D eigenvalue weighted by atomic mass is 10.1. The average Bonchev–Trinajstić information content (AvgIpc) is 3.05. The molecular weight excluding hydrogens is 272 g/mol. The summed E-state index contributed by atoms with van der Waals surface area (Å²) < 4.78 is 4.31. The SMILES string of the molecule is Cn1cnc2c1c(=O)n(CCCCC1(O)CC1)c(=O)n2C. The number of aryl methyl sites for hydroxylation is 2. The summed E-state index contributed by atoms with van der Waals surface area (Å²) in [6, 6.07) is 0. The molecule has 114 valence electrons. The van der Waals surface area contributed by atoms with Gasteiger partial charge in [0, 0.05) is 20.6 Å². The molecular formula is C14H20N4O3. The molecule has 7 heteroatoms. The first-order valence-electron chi connectivity index (χ1n) is 7.26. The summed E-state index contributed by atoms with van der Waals surface area (Å²) in [5.41, 5.74) is -0.245. The van der Waals surface area contributed by atoms with Gasteiger partial charge < -0.3 is 9.67 Å². The van der Waals surface area contributed by atoms with E-state index in [1.165, 1.54) is 9.13 Å². The summed E-state index contributed by atoms with van der Waals surface area (Å²) >= 11 is 0. The Bertz CT molecular complexity index is 795. The van der Waals surface area contributed by atoms with Crippen LogP contribution in [0.15, 0.2) is 15.9 Å². The molecule has 1 N–H and O–H groups in total. The Hall–Kier alpha value is -1.89. The normalized spacial score (nSPS) is 16.5. The number of nitrogens with zero attached hydrogens (tertiary/aromatic N) is 4. The molecule has 1 saturated carbocycles. The molecule has 0 amide bonds. The third kappa shape index (κ3) is 2.42. The minimum atomic E-state index is -0.470. The van der Waals surface area contributed by atoms with Crippen molar-refractivity contribution in [3.8, 4) is 0 Å². The largest absolute Gasteiger partial charge is 0.390 e. The van der Waals surface area contributed by atoms with E-state index in [9.17, 15) is 14.7 Å². The molecule has 2 aromatic heterocycles. The average molecular weight is 292 g/mol. The van der Waals surface area contributed by atoms with E-state index in [1.807, 2.05) is 0 Å². The third-order valence-electron chi connectivity index (χ3n) is 4.30. The highest BCUT2D eigenvalue weighted by molar-refractivity contribution is 5.69. The van der Waals surface area contributed by atoms with Crippen LogP contribution in [0.5, 0.6) is 0 Å². The molecule has 3 rings (SSSR count). The van der Waals surface area contributed by atoms with Gasteiger partial charge in [-0.15, -0.1) is 0 Å². The fourth-order valence-corrected chi connectivity index (χ4v) is 2.71. The Labute approximate surface area is 121 Å². The Morgan fingerprint density at radius 1 is 1.29 bits per heavy atom. The van der Waals surface area contributed by atoms with E-state index in [0.717, 1.165) is 25.7 Å². The minimum absolute atomic E-state index is 0.293. The summed E-state index contributed by atoms with van der Waals surface area (Å²) in [6.07, 6.45) is 5.55. The Balaban J connectivity index is 1.85. The van der Waals surface area contributed by atoms with Crippen molar-refractivity contribution in [1.29, 1.82) is 0 Å². The van der Waals surface area contributed by atoms with E-state index in [0.29, 0.717) is 24.1 Å². The number of imidazole rings is 1. The van der Waals surface area contributed by atoms with Gasteiger partial charge in [-0.3, -0.25) is 13.9 Å². The molecule has 0 radical (unpaired) electrons. The van der Waals surface area contributed by atoms with Gasteiger partial charge in [-0.05, 0) is 32.1 Å². The van der Waals surface area contributed by atoms with Crippen molar-refractivity contribution in [2.75, 3.05) is 0 Å². The molecule has 0 spiro atoms. The molecule has 1 aliphatic carbocycles. The Kier molecular flexibility index (Phi) is 3.24. The van der Waals surface area contributed by atoms with Crippen molar-refractivity contribution >= 4 is 11.2 Å². The lowest BCUT2D eigenvalue weighted by Gasteiger charge is -2.10. The van der Waals surface area contributed by atoms with Gasteiger partial charge in [-0.1, -0.05) is 0 Å². The van der Waals surface area contributed by atoms with Crippen LogP contribution >= 0.6 is 0 Å². The molecule has 0 aromatic carbocycles. The molecule has 7 nitrogen and oxygen atoms in total. The molecule has 21 heavy (non-hydrogen) atoms. The van der Waals surface area contributed by atoms with Crippen molar-refractivity contribution in [2.45, 2.75) is 44.2 Å². The van der Waals surface area contributed by atoms with E-state index >= 15 is 0 Å². The smallest absolute Gasteiger partial charge is 0.332 e. The number of aromatic nitrogens is 4. The standard InChI is InChI=1S/C14H20N4O3/c1-16-9-15-11-10(16)12(19)18(13(20)17(11)2)8-4-3-5-14(21)6-7-14/h9,21H,3-8H2,1-2H3. The Morgan fingerprint density at radius 3 is 2.67 bits per heavy atom. The quantitative estimate of drug-likeness (QED) is 0.794. The van der Waals surface area contributed by atoms with Crippen molar-refractivity contribution in [3.63, 3.8) is 0 Å². The van der Waals surface area contributed by atoms with Crippen LogP contribution < -0.4 is 11.2 Å². The predicted molar refractivity (Wildman–Crippen MR) is 78.2 cm³/mol. The molecule has 0 saturated heterocycles. The zero-order chi connectivity index (χ0) is 15.2. The molecule has 1 fully saturated rings. The highest BCUT2D eigenvalue weighted by atomic mass is 16.3. The topological polar surface area (TPSA) is 82.1 Å². The number of rotatable bonds is 5. The maximum Gasteiger partial charge on any atom is 0.332 e. The van der Waals surface area contributed by atoms with Gasteiger partial charge in [0.05, 0.1) is 11.9 Å². The van der Waals surface area contributed by atoms with Gasteiger partial charge in [-0.25, -0.2) is 9.78 Å². The van der Waals surface area contributed by atoms with Gasteiger partial charge in [0.1, 0.15) is 0 Å². The van der Waals surface area contributed by atoms with E-state index in [2.05, 4.69) is 4.98 Å². The first kappa shape index (κ1) is 14.1. The van der Waals surface area contributed by atoms with Crippen molar-refractivity contribution in [1.82, 2.24) is 18.7 Å². The van der Waals surface area contributed by atoms with Crippen LogP contribution in [-0.2, 0) is 20.6 Å². The van der Waals surface area contributed by atoms with Crippen LogP contribution in [0.2, 0.25) is 0 Å². The lowest BCUT2D eigenvalue weighted by Crippen LogP contribution is -2.39. The molecule has 1 aliphatic rings. The third-order valence-corrected chi connectivity index (χ3v) is 4.30. The van der Waals surface area contributed by atoms with E-state index in [4.69, 9.17) is 0 Å². The number of unbranched alkanes of at least 4 members (excludes halogenated alkanes) is 1. The number of fused-ring (bicyclic) bond motifs is 1. The number of hydrogen-bond donors (Lipinski definition) is 1. The van der Waals surface area contributed by atoms with Crippen LogP contribution in [0.1, 0.15) is 32.1 Å². The summed E-state index contributed by atoms with van der Waals surface area (Å²) in [5, 5.41) is 9.78. The first-order chi connectivity index (χ1) is 9.93. The molecule has 0 unspecified atom stereocenters. The molecule has 2 aromatic rings. The maximum atomic E-state index is 12.4. The second-order valence-electron chi connectivity index (χ2n) is 6.01. The van der Waals surface area contributed by atoms with Gasteiger partial charge in [-0.2, -0.15) is 0 Å². The van der Waals surface area contributed by atoms with E-state index in [-0.39, 0.29) is 11.2 Å². The van der Waals surface area contributed by atoms with Crippen molar-refractivity contribution < 1.29 is 5.11 Å². The predicted octanol–water partition coefficient (Wildman–Crippen LogP) is 0.129. The highest BCUT2D eigenvalue weighted by Crippen LogP contribution is 2.39. The number of aliphatic hydroxyl groups is 1. The van der Waals surface area contributed by atoms with Gasteiger partial charge in [0.25, 0.3) is 5.56 Å². The fraction of sp³-hybridized carbons (Fsp3) is 0.643. The van der Waals surface area contributed by atoms with Crippen LogP contribution in [0.3, 0.4) is 0 Å². The Morgan fingerprint density at radius 2 is 2.00 bits per heavy atom. The maximum absolute atomic E-state index is 12.4. The van der Waals surface area contributed by atoms with Crippen molar-refractivity contribution in [3.05, 3.63) is 27.2 Å². The lowest BCUT2D eigenvalue weighted by molar-refractivity contribution is 0.136. The first-order valence-corrected chi connectivity index (χ1v) is 7.26. The van der Waals surface area contributed by atoms with Gasteiger partial charge in [0.15, 0.2) is 11.2 Å². The zero-order valence-electron chi connectivity index (χ0n) is 12.4. The summed E-state index contributed by atoms with van der Waals surface area (Å²) in [7, 11) is 3.37. The van der Waals surface area contributed by atoms with E-state index in [1.54, 1.807) is 25.0 Å². The fourth-order valence-electron chi connectivity index (χ4n) is 2.71. The monoisotopic (exact) mass is 292 g/mol. The molecule has 0 bridgehead atoms. The highest BCUT2D eigenvalue weighted by Gasteiger charge is 2.39. The second kappa shape index (κ2) is 4.84.